The molecule has 19 heavy (non-hydrogen) atoms. The lowest BCUT2D eigenvalue weighted by Gasteiger charge is -2.25. The number of aliphatic hydroxyl groups is 1. The molecule has 0 aliphatic carbocycles. The van der Waals surface area contributed by atoms with Gasteiger partial charge in [0.05, 0.1) is 11.2 Å². The van der Waals surface area contributed by atoms with E-state index in [0.29, 0.717) is 12.1 Å². The fourth-order valence-corrected chi connectivity index (χ4v) is 1.92. The van der Waals surface area contributed by atoms with Crippen LogP contribution in [-0.2, 0) is 12.7 Å². The summed E-state index contributed by atoms with van der Waals surface area (Å²) in [5, 5.41) is 9.61. The van der Waals surface area contributed by atoms with Crippen molar-refractivity contribution in [2.75, 3.05) is 13.6 Å². The van der Waals surface area contributed by atoms with Gasteiger partial charge in [0.2, 0.25) is 0 Å². The van der Waals surface area contributed by atoms with Gasteiger partial charge in [0, 0.05) is 13.1 Å². The quantitative estimate of drug-likeness (QED) is 0.856. The Kier molecular flexibility index (Phi) is 4.58. The van der Waals surface area contributed by atoms with Crippen LogP contribution in [0.15, 0.2) is 18.2 Å². The number of halogens is 4. The third-order valence-corrected chi connectivity index (χ3v) is 2.45. The van der Waals surface area contributed by atoms with Crippen LogP contribution in [0.25, 0.3) is 0 Å². The molecule has 1 rings (SSSR count). The molecule has 6 heteroatoms. The Labute approximate surface area is 109 Å². The average Bonchev–Trinajstić information content (AvgIpc) is 2.16. The molecule has 0 fully saturated rings. The molecule has 0 aliphatic rings. The van der Waals surface area contributed by atoms with E-state index in [4.69, 9.17) is 0 Å². The van der Waals surface area contributed by atoms with Crippen LogP contribution in [0.4, 0.5) is 17.6 Å². The van der Waals surface area contributed by atoms with Gasteiger partial charge in [-0.05, 0) is 38.6 Å². The Morgan fingerprint density at radius 1 is 1.21 bits per heavy atom. The van der Waals surface area contributed by atoms with Crippen LogP contribution in [0.5, 0.6) is 0 Å². The van der Waals surface area contributed by atoms with Crippen molar-refractivity contribution in [3.63, 3.8) is 0 Å². The number of rotatable bonds is 4. The van der Waals surface area contributed by atoms with Crippen LogP contribution in [0.3, 0.4) is 0 Å². The van der Waals surface area contributed by atoms with E-state index in [2.05, 4.69) is 0 Å². The van der Waals surface area contributed by atoms with Crippen LogP contribution < -0.4 is 0 Å². The van der Waals surface area contributed by atoms with Gasteiger partial charge in [-0.25, -0.2) is 4.39 Å². The van der Waals surface area contributed by atoms with Crippen LogP contribution in [-0.4, -0.2) is 29.2 Å². The Hall–Kier alpha value is -1.14. The SMILES string of the molecule is CN(Cc1ccc(F)c(C(F)(F)F)c1)CC(C)(C)O. The fourth-order valence-electron chi connectivity index (χ4n) is 1.92. The smallest absolute Gasteiger partial charge is 0.389 e. The van der Waals surface area contributed by atoms with E-state index in [0.717, 1.165) is 12.1 Å². The molecule has 0 saturated carbocycles. The molecule has 0 amide bonds. The molecule has 0 spiro atoms. The first-order valence-corrected chi connectivity index (χ1v) is 5.75. The zero-order chi connectivity index (χ0) is 14.8. The second kappa shape index (κ2) is 5.46. The first kappa shape index (κ1) is 15.9. The van der Waals surface area contributed by atoms with Gasteiger partial charge in [-0.1, -0.05) is 6.07 Å². The van der Waals surface area contributed by atoms with E-state index in [1.165, 1.54) is 6.07 Å². The highest BCUT2D eigenvalue weighted by Gasteiger charge is 2.34. The lowest BCUT2D eigenvalue weighted by atomic mass is 10.1. The molecular weight excluding hydrogens is 262 g/mol. The van der Waals surface area contributed by atoms with Crippen molar-refractivity contribution in [3.05, 3.63) is 35.1 Å². The fraction of sp³-hybridized carbons (Fsp3) is 0.538. The summed E-state index contributed by atoms with van der Waals surface area (Å²) in [6.45, 7) is 3.71. The minimum Gasteiger partial charge on any atom is -0.389 e. The molecule has 0 heterocycles. The number of nitrogens with zero attached hydrogens (tertiary/aromatic N) is 1. The maximum Gasteiger partial charge on any atom is 0.419 e. The summed E-state index contributed by atoms with van der Waals surface area (Å²) in [5.74, 6) is -1.28. The zero-order valence-electron chi connectivity index (χ0n) is 11.1. The first-order chi connectivity index (χ1) is 8.49. The molecule has 108 valence electrons. The predicted octanol–water partition coefficient (Wildman–Crippen LogP) is 3.05. The van der Waals surface area contributed by atoms with Crippen LogP contribution in [0.1, 0.15) is 25.0 Å². The van der Waals surface area contributed by atoms with Crippen LogP contribution in [0.2, 0.25) is 0 Å². The van der Waals surface area contributed by atoms with Gasteiger partial charge in [-0.2, -0.15) is 13.2 Å². The topological polar surface area (TPSA) is 23.5 Å². The van der Waals surface area contributed by atoms with E-state index in [1.807, 2.05) is 0 Å². The normalized spacial score (nSPS) is 13.1. The van der Waals surface area contributed by atoms with E-state index in [-0.39, 0.29) is 6.54 Å². The lowest BCUT2D eigenvalue weighted by molar-refractivity contribution is -0.140. The predicted molar refractivity (Wildman–Crippen MR) is 64.0 cm³/mol. The lowest BCUT2D eigenvalue weighted by Crippen LogP contribution is -2.35. The van der Waals surface area contributed by atoms with Gasteiger partial charge >= 0.3 is 6.18 Å². The Balaban J connectivity index is 2.86. The third kappa shape index (κ3) is 5.16. The maximum absolute atomic E-state index is 13.1. The summed E-state index contributed by atoms with van der Waals surface area (Å²) in [6, 6.07) is 2.93. The highest BCUT2D eigenvalue weighted by Crippen LogP contribution is 2.32. The molecule has 1 N–H and O–H groups in total. The van der Waals surface area contributed by atoms with Crippen molar-refractivity contribution in [3.8, 4) is 0 Å². The van der Waals surface area contributed by atoms with Gasteiger partial charge in [0.1, 0.15) is 5.82 Å². The largest absolute Gasteiger partial charge is 0.419 e. The molecule has 0 aromatic heterocycles. The molecule has 2 nitrogen and oxygen atoms in total. The molecular formula is C13H17F4NO. The second-order valence-corrected chi connectivity index (χ2v) is 5.30. The average molecular weight is 279 g/mol. The summed E-state index contributed by atoms with van der Waals surface area (Å²) in [6.07, 6.45) is -4.70. The molecule has 0 radical (unpaired) electrons. The zero-order valence-corrected chi connectivity index (χ0v) is 11.1. The van der Waals surface area contributed by atoms with Crippen molar-refractivity contribution in [2.24, 2.45) is 0 Å². The number of benzene rings is 1. The van der Waals surface area contributed by atoms with E-state index >= 15 is 0 Å². The van der Waals surface area contributed by atoms with Crippen molar-refractivity contribution >= 4 is 0 Å². The number of hydrogen-bond donors (Lipinski definition) is 1. The van der Waals surface area contributed by atoms with Gasteiger partial charge in [-0.3, -0.25) is 4.90 Å². The third-order valence-electron chi connectivity index (χ3n) is 2.45. The summed E-state index contributed by atoms with van der Waals surface area (Å²) in [4.78, 5) is 1.67. The molecule has 1 aromatic rings. The molecule has 0 bridgehead atoms. The van der Waals surface area contributed by atoms with Gasteiger partial charge in [-0.15, -0.1) is 0 Å². The maximum atomic E-state index is 13.1. The van der Waals surface area contributed by atoms with Crippen LogP contribution >= 0.6 is 0 Å². The number of alkyl halides is 3. The van der Waals surface area contributed by atoms with E-state index in [1.54, 1.807) is 25.8 Å². The summed E-state index contributed by atoms with van der Waals surface area (Å²) < 4.78 is 50.7. The van der Waals surface area contributed by atoms with Crippen molar-refractivity contribution in [1.29, 1.82) is 0 Å². The first-order valence-electron chi connectivity index (χ1n) is 5.75. The van der Waals surface area contributed by atoms with Crippen molar-refractivity contribution in [2.45, 2.75) is 32.2 Å². The second-order valence-electron chi connectivity index (χ2n) is 5.30. The minimum absolute atomic E-state index is 0.202. The Morgan fingerprint density at radius 2 is 1.79 bits per heavy atom. The molecule has 0 atom stereocenters. The molecule has 1 aromatic carbocycles. The minimum atomic E-state index is -4.70. The summed E-state index contributed by atoms with van der Waals surface area (Å²) >= 11 is 0. The van der Waals surface area contributed by atoms with Gasteiger partial charge in [0.25, 0.3) is 0 Å². The number of hydrogen-bond acceptors (Lipinski definition) is 2. The van der Waals surface area contributed by atoms with Crippen molar-refractivity contribution < 1.29 is 22.7 Å². The van der Waals surface area contributed by atoms with E-state index < -0.39 is 23.2 Å². The van der Waals surface area contributed by atoms with Gasteiger partial charge in [0.15, 0.2) is 0 Å². The summed E-state index contributed by atoms with van der Waals surface area (Å²) in [7, 11) is 1.68. The standard InChI is InChI=1S/C13H17F4NO/c1-12(2,19)8-18(3)7-9-4-5-11(14)10(6-9)13(15,16)17/h4-6,19H,7-8H2,1-3H3. The molecule has 0 saturated heterocycles. The molecule has 0 aliphatic heterocycles. The molecule has 0 unspecified atom stereocenters. The van der Waals surface area contributed by atoms with Gasteiger partial charge < -0.3 is 5.11 Å². The Bertz CT molecular complexity index is 437. The summed E-state index contributed by atoms with van der Waals surface area (Å²) in [5.41, 5.74) is -1.86. The van der Waals surface area contributed by atoms with E-state index in [9.17, 15) is 22.7 Å². The van der Waals surface area contributed by atoms with Crippen molar-refractivity contribution in [1.82, 2.24) is 4.90 Å². The Morgan fingerprint density at radius 3 is 2.26 bits per heavy atom. The van der Waals surface area contributed by atoms with Crippen LogP contribution in [0, 0.1) is 5.82 Å². The monoisotopic (exact) mass is 279 g/mol. The highest BCUT2D eigenvalue weighted by atomic mass is 19.4. The highest BCUT2D eigenvalue weighted by molar-refractivity contribution is 5.27. The number of likely N-dealkylation sites (N-methyl/N-ethyl adjacent to an activating group) is 1.